The van der Waals surface area contributed by atoms with Crippen molar-refractivity contribution in [2.45, 2.75) is 0 Å². The average molecular weight is 209 g/mol. The summed E-state index contributed by atoms with van der Waals surface area (Å²) < 4.78 is 0. The first-order valence-electron chi connectivity index (χ1n) is 5.41. The fourth-order valence-corrected chi connectivity index (χ4v) is 1.60. The molecule has 0 amide bonds. The van der Waals surface area contributed by atoms with E-state index in [1.165, 1.54) is 16.6 Å². The number of para-hydroxylation sites is 1. The molecule has 1 nitrogen and oxygen atoms in total. The predicted molar refractivity (Wildman–Crippen MR) is 79.0 cm³/mol. The maximum Gasteiger partial charge on any atom is 0.142 e. The van der Waals surface area contributed by atoms with Crippen molar-refractivity contribution in [3.63, 3.8) is 0 Å². The van der Waals surface area contributed by atoms with E-state index in [2.05, 4.69) is 64.7 Å². The van der Waals surface area contributed by atoms with E-state index in [0.717, 1.165) is 0 Å². The van der Waals surface area contributed by atoms with Crippen molar-refractivity contribution in [3.05, 3.63) is 60.7 Å². The Morgan fingerprint density at radius 1 is 1.38 bits per heavy atom. The van der Waals surface area contributed by atoms with Crippen molar-refractivity contribution in [1.29, 1.82) is 0 Å². The molecule has 0 unspecified atom stereocenters. The molecule has 1 aromatic rings. The Balaban J connectivity index is 2.87. The summed E-state index contributed by atoms with van der Waals surface area (Å²) in [6.45, 7) is 3.66. The van der Waals surface area contributed by atoms with E-state index in [-0.39, 0.29) is 0 Å². The van der Waals surface area contributed by atoms with Crippen LogP contribution in [0.25, 0.3) is 0 Å². The van der Waals surface area contributed by atoms with Crippen molar-refractivity contribution in [3.8, 4) is 0 Å². The van der Waals surface area contributed by atoms with Gasteiger partial charge < -0.3 is 4.90 Å². The van der Waals surface area contributed by atoms with Crippen LogP contribution in [0.1, 0.15) is 0 Å². The Labute approximate surface area is 100.0 Å². The number of hydrogen-bond acceptors (Lipinski definition) is 1. The average Bonchev–Trinajstić information content (AvgIpc) is 2.26. The Kier molecular flexibility index (Phi) is 4.71. The number of benzene rings is 1. The Hall–Kier alpha value is -1.63. The van der Waals surface area contributed by atoms with Crippen LogP contribution < -0.4 is 10.4 Å². The van der Waals surface area contributed by atoms with Crippen LogP contribution >= 0.6 is 0 Å². The summed E-state index contributed by atoms with van der Waals surface area (Å²) in [4.78, 5) is 2.14. The third kappa shape index (κ3) is 3.50. The topological polar surface area (TPSA) is 3.24 Å². The number of hydrogen-bond donors (Lipinski definition) is 0. The van der Waals surface area contributed by atoms with Gasteiger partial charge >= 0.3 is 0 Å². The van der Waals surface area contributed by atoms with E-state index in [0.29, 0.717) is 0 Å². The molecular formula is C13H17B2N. The molecule has 0 aliphatic heterocycles. The zero-order chi connectivity index (χ0) is 12.0. The molecule has 0 aliphatic rings. The Morgan fingerprint density at radius 3 is 2.69 bits per heavy atom. The third-order valence-corrected chi connectivity index (χ3v) is 2.39. The highest BCUT2D eigenvalue weighted by Crippen LogP contribution is 2.09. The van der Waals surface area contributed by atoms with Crippen LogP contribution in [0, 0.1) is 0 Å². The van der Waals surface area contributed by atoms with Gasteiger partial charge in [-0.15, -0.1) is 0 Å². The van der Waals surface area contributed by atoms with Gasteiger partial charge in [-0.1, -0.05) is 53.9 Å². The van der Waals surface area contributed by atoms with E-state index in [9.17, 15) is 0 Å². The molecule has 80 valence electrons. The highest BCUT2D eigenvalue weighted by molar-refractivity contribution is 6.36. The molecule has 16 heavy (non-hydrogen) atoms. The predicted octanol–water partition coefficient (Wildman–Crippen LogP) is 0.598. The quantitative estimate of drug-likeness (QED) is 0.518. The van der Waals surface area contributed by atoms with Crippen molar-refractivity contribution in [2.24, 2.45) is 0 Å². The molecule has 0 aliphatic carbocycles. The second kappa shape index (κ2) is 6.06. The number of rotatable bonds is 4. The molecule has 1 rings (SSSR count). The van der Waals surface area contributed by atoms with Crippen molar-refractivity contribution in [1.82, 2.24) is 0 Å². The number of nitrogens with zero attached hydrogens (tertiary/aromatic N) is 1. The van der Waals surface area contributed by atoms with E-state index >= 15 is 0 Å². The lowest BCUT2D eigenvalue weighted by molar-refractivity contribution is 1.21. The maximum atomic E-state index is 3.66. The summed E-state index contributed by atoms with van der Waals surface area (Å²) in [5.41, 5.74) is 3.71. The highest BCUT2D eigenvalue weighted by Gasteiger charge is 1.99. The molecule has 0 spiro atoms. The molecule has 0 radical (unpaired) electrons. The molecule has 0 atom stereocenters. The largest absolute Gasteiger partial charge is 0.352 e. The normalized spacial score (nSPS) is 11.7. The minimum Gasteiger partial charge on any atom is -0.352 e. The van der Waals surface area contributed by atoms with Gasteiger partial charge in [-0.3, -0.25) is 0 Å². The van der Waals surface area contributed by atoms with E-state index < -0.39 is 0 Å². The van der Waals surface area contributed by atoms with Gasteiger partial charge in [-0.25, -0.2) is 0 Å². The zero-order valence-corrected chi connectivity index (χ0v) is 10.3. The van der Waals surface area contributed by atoms with E-state index in [1.807, 2.05) is 12.2 Å². The molecule has 0 fully saturated rings. The second-order valence-electron chi connectivity index (χ2n) is 3.87. The fourth-order valence-electron chi connectivity index (χ4n) is 1.60. The van der Waals surface area contributed by atoms with E-state index in [4.69, 9.17) is 0 Å². The molecule has 0 saturated heterocycles. The fraction of sp³-hybridized carbons (Fsp3) is 0.0769. The van der Waals surface area contributed by atoms with Crippen LogP contribution in [0.3, 0.4) is 0 Å². The summed E-state index contributed by atoms with van der Waals surface area (Å²) in [6, 6.07) is 8.35. The van der Waals surface area contributed by atoms with Gasteiger partial charge in [0.25, 0.3) is 0 Å². The highest BCUT2D eigenvalue weighted by atomic mass is 15.1. The SMILES string of the molecule is BC(/C=C\C=C)=C\N(C)c1ccccc1B. The van der Waals surface area contributed by atoms with Gasteiger partial charge in [0.15, 0.2) is 0 Å². The summed E-state index contributed by atoms with van der Waals surface area (Å²) in [5, 5.41) is 0. The molecule has 0 N–H and O–H groups in total. The maximum absolute atomic E-state index is 3.66. The first-order valence-corrected chi connectivity index (χ1v) is 5.41. The van der Waals surface area contributed by atoms with Crippen LogP contribution in [0.5, 0.6) is 0 Å². The van der Waals surface area contributed by atoms with Gasteiger partial charge in [0, 0.05) is 12.7 Å². The lowest BCUT2D eigenvalue weighted by Crippen LogP contribution is -2.18. The first kappa shape index (κ1) is 12.4. The molecule has 0 heterocycles. The molecule has 0 aromatic heterocycles. The van der Waals surface area contributed by atoms with Crippen LogP contribution in [-0.4, -0.2) is 22.7 Å². The van der Waals surface area contributed by atoms with E-state index in [1.54, 1.807) is 6.08 Å². The van der Waals surface area contributed by atoms with Crippen molar-refractivity contribution < 1.29 is 0 Å². The summed E-state index contributed by atoms with van der Waals surface area (Å²) in [6.07, 6.45) is 7.88. The molecule has 0 bridgehead atoms. The zero-order valence-electron chi connectivity index (χ0n) is 10.3. The van der Waals surface area contributed by atoms with Crippen molar-refractivity contribution >= 4 is 26.8 Å². The molecule has 1 aromatic carbocycles. The van der Waals surface area contributed by atoms with Crippen LogP contribution in [0.2, 0.25) is 0 Å². The van der Waals surface area contributed by atoms with Gasteiger partial charge in [-0.2, -0.15) is 0 Å². The van der Waals surface area contributed by atoms with Gasteiger partial charge in [0.1, 0.15) is 15.7 Å². The van der Waals surface area contributed by atoms with Crippen LogP contribution in [0.4, 0.5) is 5.69 Å². The third-order valence-electron chi connectivity index (χ3n) is 2.39. The molecule has 0 saturated carbocycles. The number of allylic oxidation sites excluding steroid dienone is 4. The summed E-state index contributed by atoms with van der Waals surface area (Å²) in [7, 11) is 6.26. The lowest BCUT2D eigenvalue weighted by Gasteiger charge is -2.17. The first-order chi connectivity index (χ1) is 7.65. The van der Waals surface area contributed by atoms with Crippen molar-refractivity contribution in [2.75, 3.05) is 11.9 Å². The standard InChI is InChI=1S/C13H17B2N/c1-3-4-7-11(14)10-16(2)13-9-6-5-8-12(13)15/h3-10H,1,14-15H2,2H3/b7-4-,11-10-. The molecule has 3 heteroatoms. The smallest absolute Gasteiger partial charge is 0.142 e. The lowest BCUT2D eigenvalue weighted by atomic mass is 9.93. The second-order valence-corrected chi connectivity index (χ2v) is 3.87. The van der Waals surface area contributed by atoms with Crippen LogP contribution in [-0.2, 0) is 0 Å². The summed E-state index contributed by atoms with van der Waals surface area (Å²) in [5.74, 6) is 0. The molecular weight excluding hydrogens is 192 g/mol. The number of anilines is 1. The van der Waals surface area contributed by atoms with Gasteiger partial charge in [0.2, 0.25) is 0 Å². The monoisotopic (exact) mass is 209 g/mol. The van der Waals surface area contributed by atoms with Gasteiger partial charge in [-0.05, 0) is 12.3 Å². The van der Waals surface area contributed by atoms with Crippen LogP contribution in [0.15, 0.2) is 60.7 Å². The van der Waals surface area contributed by atoms with Gasteiger partial charge in [0.05, 0.1) is 0 Å². The Morgan fingerprint density at radius 2 is 2.06 bits per heavy atom. The Bertz CT molecular complexity index is 422. The minimum absolute atomic E-state index is 1.20. The minimum atomic E-state index is 1.20. The summed E-state index contributed by atoms with van der Waals surface area (Å²) >= 11 is 0.